The van der Waals surface area contributed by atoms with Crippen LogP contribution in [-0.4, -0.2) is 28.6 Å². The first-order valence-electron chi connectivity index (χ1n) is 9.97. The zero-order valence-electron chi connectivity index (χ0n) is 16.7. The lowest BCUT2D eigenvalue weighted by Gasteiger charge is -2.12. The average molecular weight is 499 g/mol. The Kier molecular flexibility index (Phi) is 6.89. The predicted octanol–water partition coefficient (Wildman–Crippen LogP) is 5.50. The summed E-state index contributed by atoms with van der Waals surface area (Å²) in [5.41, 5.74) is 2.59. The molecule has 0 radical (unpaired) electrons. The van der Waals surface area contributed by atoms with E-state index in [4.69, 9.17) is 21.3 Å². The number of carbonyl (C=O) groups is 1. The Morgan fingerprint density at radius 2 is 1.87 bits per heavy atom. The molecule has 0 bridgehead atoms. The summed E-state index contributed by atoms with van der Waals surface area (Å²) in [6.45, 7) is 1.57. The maximum Gasteiger partial charge on any atom is 0.251 e. The van der Waals surface area contributed by atoms with Gasteiger partial charge in [0.1, 0.15) is 18.2 Å². The highest BCUT2D eigenvalue weighted by Crippen LogP contribution is 2.23. The first-order chi connectivity index (χ1) is 15.1. The van der Waals surface area contributed by atoms with Crippen LogP contribution in [0.25, 0.3) is 11.0 Å². The SMILES string of the molecule is O=C(NCCc1nc2ccccc2n1CCOc1ccccc1Cl)c1cccc(Br)c1. The maximum absolute atomic E-state index is 12.4. The van der Waals surface area contributed by atoms with Gasteiger partial charge in [0, 0.05) is 23.0 Å². The summed E-state index contributed by atoms with van der Waals surface area (Å²) in [7, 11) is 0. The monoisotopic (exact) mass is 497 g/mol. The van der Waals surface area contributed by atoms with Gasteiger partial charge in [-0.3, -0.25) is 4.79 Å². The second kappa shape index (κ2) is 9.98. The smallest absolute Gasteiger partial charge is 0.251 e. The number of ether oxygens (including phenoxy) is 1. The van der Waals surface area contributed by atoms with Gasteiger partial charge in [-0.25, -0.2) is 4.98 Å². The van der Waals surface area contributed by atoms with Crippen molar-refractivity contribution in [1.82, 2.24) is 14.9 Å². The molecule has 1 N–H and O–H groups in total. The van der Waals surface area contributed by atoms with Gasteiger partial charge in [0.2, 0.25) is 0 Å². The number of amides is 1. The van der Waals surface area contributed by atoms with Crippen molar-refractivity contribution in [3.8, 4) is 5.75 Å². The van der Waals surface area contributed by atoms with Gasteiger partial charge in [-0.15, -0.1) is 0 Å². The second-order valence-electron chi connectivity index (χ2n) is 6.96. The largest absolute Gasteiger partial charge is 0.490 e. The fourth-order valence-corrected chi connectivity index (χ4v) is 3.98. The summed E-state index contributed by atoms with van der Waals surface area (Å²) >= 11 is 9.58. The van der Waals surface area contributed by atoms with Crippen molar-refractivity contribution in [1.29, 1.82) is 0 Å². The number of hydrogen-bond acceptors (Lipinski definition) is 3. The minimum Gasteiger partial charge on any atom is -0.490 e. The lowest BCUT2D eigenvalue weighted by atomic mass is 10.2. The Morgan fingerprint density at radius 3 is 2.71 bits per heavy atom. The highest BCUT2D eigenvalue weighted by Gasteiger charge is 2.12. The summed E-state index contributed by atoms with van der Waals surface area (Å²) < 4.78 is 8.88. The zero-order valence-corrected chi connectivity index (χ0v) is 19.1. The Labute approximate surface area is 194 Å². The van der Waals surface area contributed by atoms with Crippen molar-refractivity contribution in [3.05, 3.63) is 93.7 Å². The third-order valence-electron chi connectivity index (χ3n) is 4.86. The van der Waals surface area contributed by atoms with Crippen LogP contribution < -0.4 is 10.1 Å². The Balaban J connectivity index is 1.43. The van der Waals surface area contributed by atoms with E-state index in [0.29, 0.717) is 42.5 Å². The van der Waals surface area contributed by atoms with Crippen LogP contribution in [-0.2, 0) is 13.0 Å². The molecule has 31 heavy (non-hydrogen) atoms. The lowest BCUT2D eigenvalue weighted by molar-refractivity contribution is 0.0954. The van der Waals surface area contributed by atoms with E-state index in [1.54, 1.807) is 12.1 Å². The van der Waals surface area contributed by atoms with Crippen LogP contribution in [0.1, 0.15) is 16.2 Å². The van der Waals surface area contributed by atoms with Crippen molar-refractivity contribution >= 4 is 44.5 Å². The van der Waals surface area contributed by atoms with Crippen molar-refractivity contribution in [2.24, 2.45) is 0 Å². The number of hydrogen-bond donors (Lipinski definition) is 1. The van der Waals surface area contributed by atoms with Gasteiger partial charge in [-0.2, -0.15) is 0 Å². The molecule has 0 unspecified atom stereocenters. The predicted molar refractivity (Wildman–Crippen MR) is 127 cm³/mol. The van der Waals surface area contributed by atoms with E-state index in [0.717, 1.165) is 21.3 Å². The van der Waals surface area contributed by atoms with Crippen LogP contribution in [0, 0.1) is 0 Å². The average Bonchev–Trinajstić information content (AvgIpc) is 3.12. The van der Waals surface area contributed by atoms with Crippen LogP contribution in [0.2, 0.25) is 5.02 Å². The van der Waals surface area contributed by atoms with Crippen LogP contribution in [0.15, 0.2) is 77.3 Å². The summed E-state index contributed by atoms with van der Waals surface area (Å²) in [6, 6.07) is 22.8. The number of benzene rings is 3. The van der Waals surface area contributed by atoms with Gasteiger partial charge >= 0.3 is 0 Å². The summed E-state index contributed by atoms with van der Waals surface area (Å²) in [5, 5.41) is 3.57. The third-order valence-corrected chi connectivity index (χ3v) is 5.67. The van der Waals surface area contributed by atoms with E-state index in [1.165, 1.54) is 0 Å². The van der Waals surface area contributed by atoms with Crippen molar-refractivity contribution in [2.45, 2.75) is 13.0 Å². The van der Waals surface area contributed by atoms with Crippen molar-refractivity contribution in [3.63, 3.8) is 0 Å². The number of para-hydroxylation sites is 3. The van der Waals surface area contributed by atoms with Gasteiger partial charge in [0.05, 0.1) is 22.6 Å². The second-order valence-corrected chi connectivity index (χ2v) is 8.29. The summed E-state index contributed by atoms with van der Waals surface area (Å²) in [6.07, 6.45) is 0.612. The molecule has 1 amide bonds. The molecule has 0 saturated heterocycles. The molecule has 158 valence electrons. The van der Waals surface area contributed by atoms with Crippen molar-refractivity contribution in [2.75, 3.05) is 13.2 Å². The molecule has 5 nitrogen and oxygen atoms in total. The molecule has 0 spiro atoms. The molecule has 4 aromatic rings. The summed E-state index contributed by atoms with van der Waals surface area (Å²) in [4.78, 5) is 17.2. The molecule has 0 atom stereocenters. The van der Waals surface area contributed by atoms with E-state index in [2.05, 4.69) is 25.8 Å². The Morgan fingerprint density at radius 1 is 1.06 bits per heavy atom. The molecule has 0 fully saturated rings. The highest BCUT2D eigenvalue weighted by molar-refractivity contribution is 9.10. The van der Waals surface area contributed by atoms with Crippen LogP contribution in [0.3, 0.4) is 0 Å². The van der Waals surface area contributed by atoms with E-state index < -0.39 is 0 Å². The number of halogens is 2. The minimum absolute atomic E-state index is 0.106. The fourth-order valence-electron chi connectivity index (χ4n) is 3.39. The topological polar surface area (TPSA) is 56.2 Å². The molecule has 1 heterocycles. The van der Waals surface area contributed by atoms with Gasteiger partial charge in [-0.1, -0.05) is 57.9 Å². The molecule has 0 aliphatic carbocycles. The van der Waals surface area contributed by atoms with E-state index in [9.17, 15) is 4.79 Å². The molecule has 1 aromatic heterocycles. The molecule has 4 rings (SSSR count). The maximum atomic E-state index is 12.4. The van der Waals surface area contributed by atoms with Crippen molar-refractivity contribution < 1.29 is 9.53 Å². The molecule has 0 aliphatic rings. The van der Waals surface area contributed by atoms with E-state index in [-0.39, 0.29) is 5.91 Å². The molecular weight excluding hydrogens is 478 g/mol. The van der Waals surface area contributed by atoms with Gasteiger partial charge in [0.25, 0.3) is 5.91 Å². The third kappa shape index (κ3) is 5.27. The molecule has 7 heteroatoms. The number of rotatable bonds is 8. The fraction of sp³-hybridized carbons (Fsp3) is 0.167. The van der Waals surface area contributed by atoms with Gasteiger partial charge in [0.15, 0.2) is 0 Å². The number of fused-ring (bicyclic) bond motifs is 1. The van der Waals surface area contributed by atoms with Gasteiger partial charge in [-0.05, 0) is 42.5 Å². The van der Waals surface area contributed by atoms with Gasteiger partial charge < -0.3 is 14.6 Å². The zero-order chi connectivity index (χ0) is 21.6. The quantitative estimate of drug-likeness (QED) is 0.349. The van der Waals surface area contributed by atoms with Crippen LogP contribution in [0.5, 0.6) is 5.75 Å². The summed E-state index contributed by atoms with van der Waals surface area (Å²) in [5.74, 6) is 1.46. The van der Waals surface area contributed by atoms with E-state index >= 15 is 0 Å². The highest BCUT2D eigenvalue weighted by atomic mass is 79.9. The molecule has 0 aliphatic heterocycles. The first kappa shape index (κ1) is 21.4. The molecular formula is C24H21BrClN3O2. The Bertz CT molecular complexity index is 1210. The number of aromatic nitrogens is 2. The number of nitrogens with one attached hydrogen (secondary N) is 1. The number of imidazole rings is 1. The first-order valence-corrected chi connectivity index (χ1v) is 11.1. The standard InChI is InChI=1S/C24H21BrClN3O2/c25-18-7-5-6-17(16-18)24(30)27-13-12-23-28-20-9-2-3-10-21(20)29(23)14-15-31-22-11-4-1-8-19(22)26/h1-11,16H,12-15H2,(H,27,30). The van der Waals surface area contributed by atoms with E-state index in [1.807, 2.05) is 60.7 Å². The minimum atomic E-state index is -0.106. The van der Waals surface area contributed by atoms with Crippen LogP contribution >= 0.6 is 27.5 Å². The molecule has 0 saturated carbocycles. The Hall–Kier alpha value is -2.83. The number of carbonyl (C=O) groups excluding carboxylic acids is 1. The lowest BCUT2D eigenvalue weighted by Crippen LogP contribution is -2.26. The van der Waals surface area contributed by atoms with Crippen LogP contribution in [0.4, 0.5) is 0 Å². The molecule has 3 aromatic carbocycles. The normalized spacial score (nSPS) is 10.9. The number of nitrogens with zero attached hydrogens (tertiary/aromatic N) is 2.